The number of nitrogens with two attached hydrogens (primary N) is 1. The lowest BCUT2D eigenvalue weighted by molar-refractivity contribution is 0.675. The molecule has 2 N–H and O–H groups in total. The summed E-state index contributed by atoms with van der Waals surface area (Å²) in [5.74, 6) is 1.30. The van der Waals surface area contributed by atoms with E-state index < -0.39 is 0 Å². The molecule has 0 saturated heterocycles. The van der Waals surface area contributed by atoms with Crippen molar-refractivity contribution in [2.45, 2.75) is 31.6 Å². The van der Waals surface area contributed by atoms with Crippen LogP contribution in [0.25, 0.3) is 5.82 Å². The highest BCUT2D eigenvalue weighted by molar-refractivity contribution is 5.56. The van der Waals surface area contributed by atoms with Crippen LogP contribution in [0.3, 0.4) is 0 Å². The van der Waals surface area contributed by atoms with Crippen molar-refractivity contribution in [2.24, 2.45) is 0 Å². The molecule has 2 aromatic rings. The highest BCUT2D eigenvalue weighted by Crippen LogP contribution is 2.36. The third-order valence-electron chi connectivity index (χ3n) is 3.59. The SMILES string of the molecule is N#Cc1c(C2CCCC2)nn(-c2ccncn2)c1N. The van der Waals surface area contributed by atoms with Crippen LogP contribution < -0.4 is 5.73 Å². The van der Waals surface area contributed by atoms with E-state index in [2.05, 4.69) is 21.1 Å². The second kappa shape index (κ2) is 4.69. The van der Waals surface area contributed by atoms with Gasteiger partial charge in [-0.2, -0.15) is 15.0 Å². The van der Waals surface area contributed by atoms with Crippen LogP contribution in [-0.4, -0.2) is 19.7 Å². The summed E-state index contributed by atoms with van der Waals surface area (Å²) in [7, 11) is 0. The van der Waals surface area contributed by atoms with Crippen molar-refractivity contribution in [3.05, 3.63) is 29.8 Å². The van der Waals surface area contributed by atoms with Gasteiger partial charge in [0.1, 0.15) is 23.8 Å². The minimum absolute atomic E-state index is 0.347. The predicted octanol–water partition coefficient (Wildman–Crippen LogP) is 1.77. The normalized spacial score (nSPS) is 15.5. The molecule has 0 unspecified atom stereocenters. The Labute approximate surface area is 110 Å². The summed E-state index contributed by atoms with van der Waals surface area (Å²) in [5.41, 5.74) is 7.34. The van der Waals surface area contributed by atoms with Gasteiger partial charge >= 0.3 is 0 Å². The Morgan fingerprint density at radius 2 is 2.16 bits per heavy atom. The topological polar surface area (TPSA) is 93.4 Å². The molecule has 0 atom stereocenters. The first-order valence-corrected chi connectivity index (χ1v) is 6.36. The third-order valence-corrected chi connectivity index (χ3v) is 3.59. The number of hydrogen-bond acceptors (Lipinski definition) is 5. The van der Waals surface area contributed by atoms with E-state index >= 15 is 0 Å². The molecule has 0 aromatic carbocycles. The lowest BCUT2D eigenvalue weighted by atomic mass is 10.0. The molecule has 1 saturated carbocycles. The minimum Gasteiger partial charge on any atom is -0.382 e. The van der Waals surface area contributed by atoms with Crippen LogP contribution in [0.5, 0.6) is 0 Å². The Morgan fingerprint density at radius 3 is 2.79 bits per heavy atom. The zero-order valence-corrected chi connectivity index (χ0v) is 10.5. The molecule has 0 spiro atoms. The van der Waals surface area contributed by atoms with E-state index in [1.165, 1.54) is 23.9 Å². The lowest BCUT2D eigenvalue weighted by Gasteiger charge is -2.04. The fraction of sp³-hybridized carbons (Fsp3) is 0.385. The van der Waals surface area contributed by atoms with Gasteiger partial charge in [0.2, 0.25) is 0 Å². The number of rotatable bonds is 2. The highest BCUT2D eigenvalue weighted by Gasteiger charge is 2.26. The molecule has 6 heteroatoms. The van der Waals surface area contributed by atoms with Gasteiger partial charge in [0, 0.05) is 18.2 Å². The zero-order valence-electron chi connectivity index (χ0n) is 10.5. The molecule has 1 aliphatic carbocycles. The molecule has 0 amide bonds. The third kappa shape index (κ3) is 1.93. The zero-order chi connectivity index (χ0) is 13.2. The molecule has 6 nitrogen and oxygen atoms in total. The fourth-order valence-corrected chi connectivity index (χ4v) is 2.63. The molecule has 1 fully saturated rings. The van der Waals surface area contributed by atoms with E-state index in [0.29, 0.717) is 23.1 Å². The van der Waals surface area contributed by atoms with Gasteiger partial charge in [-0.3, -0.25) is 0 Å². The summed E-state index contributed by atoms with van der Waals surface area (Å²) in [6.07, 6.45) is 7.61. The van der Waals surface area contributed by atoms with Crippen molar-refractivity contribution in [1.29, 1.82) is 5.26 Å². The highest BCUT2D eigenvalue weighted by atomic mass is 15.3. The quantitative estimate of drug-likeness (QED) is 0.881. The Balaban J connectivity index is 2.10. The average molecular weight is 254 g/mol. The minimum atomic E-state index is 0.347. The number of nitrogen functional groups attached to an aromatic ring is 1. The fourth-order valence-electron chi connectivity index (χ4n) is 2.63. The van der Waals surface area contributed by atoms with Crippen LogP contribution in [0.4, 0.5) is 5.82 Å². The second-order valence-electron chi connectivity index (χ2n) is 4.72. The second-order valence-corrected chi connectivity index (χ2v) is 4.72. The molecule has 1 aliphatic rings. The van der Waals surface area contributed by atoms with Crippen LogP contribution in [0.1, 0.15) is 42.9 Å². The molecule has 2 aromatic heterocycles. The van der Waals surface area contributed by atoms with Crippen molar-refractivity contribution in [2.75, 3.05) is 5.73 Å². The maximum atomic E-state index is 9.30. The van der Waals surface area contributed by atoms with Crippen molar-refractivity contribution in [1.82, 2.24) is 19.7 Å². The Bertz CT molecular complexity index is 619. The van der Waals surface area contributed by atoms with Gasteiger partial charge in [-0.15, -0.1) is 0 Å². The van der Waals surface area contributed by atoms with Crippen LogP contribution in [-0.2, 0) is 0 Å². The first-order chi connectivity index (χ1) is 9.31. The maximum Gasteiger partial charge on any atom is 0.159 e. The average Bonchev–Trinajstić information content (AvgIpc) is 3.07. The monoisotopic (exact) mass is 254 g/mol. The molecule has 3 rings (SSSR count). The predicted molar refractivity (Wildman–Crippen MR) is 69.5 cm³/mol. The van der Waals surface area contributed by atoms with E-state index in [1.807, 2.05) is 0 Å². The van der Waals surface area contributed by atoms with E-state index in [9.17, 15) is 5.26 Å². The summed E-state index contributed by atoms with van der Waals surface area (Å²) in [6, 6.07) is 3.90. The Kier molecular flexibility index (Phi) is 2.88. The molecular formula is C13H14N6. The van der Waals surface area contributed by atoms with Crippen molar-refractivity contribution >= 4 is 5.82 Å². The number of anilines is 1. The smallest absolute Gasteiger partial charge is 0.159 e. The summed E-state index contributed by atoms with van der Waals surface area (Å²) in [4.78, 5) is 7.99. The molecule has 0 aliphatic heterocycles. The van der Waals surface area contributed by atoms with Crippen molar-refractivity contribution in [3.8, 4) is 11.9 Å². The Morgan fingerprint density at radius 1 is 1.37 bits per heavy atom. The largest absolute Gasteiger partial charge is 0.382 e. The van der Waals surface area contributed by atoms with E-state index in [-0.39, 0.29) is 0 Å². The first-order valence-electron chi connectivity index (χ1n) is 6.36. The molecular weight excluding hydrogens is 240 g/mol. The standard InChI is InChI=1S/C13H14N6/c14-7-10-12(9-3-1-2-4-9)18-19(13(10)15)11-5-6-16-8-17-11/h5-6,8-9H,1-4,15H2. The van der Waals surface area contributed by atoms with E-state index in [0.717, 1.165) is 18.5 Å². The number of aromatic nitrogens is 4. The lowest BCUT2D eigenvalue weighted by Crippen LogP contribution is -2.04. The molecule has 0 radical (unpaired) electrons. The summed E-state index contributed by atoms with van der Waals surface area (Å²) in [6.45, 7) is 0. The van der Waals surface area contributed by atoms with E-state index in [4.69, 9.17) is 5.73 Å². The van der Waals surface area contributed by atoms with Crippen LogP contribution in [0.15, 0.2) is 18.6 Å². The number of hydrogen-bond donors (Lipinski definition) is 1. The number of nitrogens with zero attached hydrogens (tertiary/aromatic N) is 5. The first kappa shape index (κ1) is 11.7. The number of nitriles is 1. The van der Waals surface area contributed by atoms with Gasteiger partial charge < -0.3 is 5.73 Å². The molecule has 2 heterocycles. The van der Waals surface area contributed by atoms with Crippen molar-refractivity contribution < 1.29 is 0 Å². The van der Waals surface area contributed by atoms with Gasteiger partial charge in [0.05, 0.1) is 5.69 Å². The van der Waals surface area contributed by atoms with E-state index in [1.54, 1.807) is 12.3 Å². The molecule has 96 valence electrons. The summed E-state index contributed by atoms with van der Waals surface area (Å²) >= 11 is 0. The van der Waals surface area contributed by atoms with Crippen LogP contribution >= 0.6 is 0 Å². The molecule has 0 bridgehead atoms. The van der Waals surface area contributed by atoms with Gasteiger partial charge in [0.15, 0.2) is 5.82 Å². The van der Waals surface area contributed by atoms with Crippen LogP contribution in [0, 0.1) is 11.3 Å². The van der Waals surface area contributed by atoms with Gasteiger partial charge in [-0.05, 0) is 12.8 Å². The van der Waals surface area contributed by atoms with Crippen molar-refractivity contribution in [3.63, 3.8) is 0 Å². The van der Waals surface area contributed by atoms with Gasteiger partial charge in [0.25, 0.3) is 0 Å². The summed E-state index contributed by atoms with van der Waals surface area (Å²) < 4.78 is 1.54. The van der Waals surface area contributed by atoms with Gasteiger partial charge in [-0.25, -0.2) is 9.97 Å². The Hall–Kier alpha value is -2.42. The maximum absolute atomic E-state index is 9.30. The molecule has 19 heavy (non-hydrogen) atoms. The summed E-state index contributed by atoms with van der Waals surface area (Å²) in [5, 5.41) is 13.8. The van der Waals surface area contributed by atoms with Crippen LogP contribution in [0.2, 0.25) is 0 Å². The van der Waals surface area contributed by atoms with Gasteiger partial charge in [-0.1, -0.05) is 12.8 Å².